The molecule has 0 saturated carbocycles. The first-order valence-electron chi connectivity index (χ1n) is 11.9. The summed E-state index contributed by atoms with van der Waals surface area (Å²) in [5, 5.41) is 32.0. The molecule has 0 aliphatic carbocycles. The first kappa shape index (κ1) is 24.5. The Hall–Kier alpha value is -5.24. The molecular weight excluding hydrogens is 480 g/mol. The van der Waals surface area contributed by atoms with Crippen molar-refractivity contribution >= 4 is 17.3 Å². The van der Waals surface area contributed by atoms with Crippen molar-refractivity contribution in [1.29, 1.82) is 0 Å². The molecule has 1 aromatic heterocycles. The molecule has 0 aliphatic rings. The minimum Gasteiger partial charge on any atom is -0.505 e. The fourth-order valence-electron chi connectivity index (χ4n) is 4.14. The Balaban J connectivity index is 1.61. The largest absolute Gasteiger partial charge is 0.505 e. The number of aromatic amines is 1. The predicted molar refractivity (Wildman–Crippen MR) is 146 cm³/mol. The monoisotopic (exact) mass is 504 g/mol. The number of hydrogen-bond donors (Lipinski definition) is 3. The number of nitrogens with one attached hydrogen (secondary N) is 1. The summed E-state index contributed by atoms with van der Waals surface area (Å²) in [7, 11) is 0. The van der Waals surface area contributed by atoms with E-state index < -0.39 is 5.97 Å². The van der Waals surface area contributed by atoms with Gasteiger partial charge >= 0.3 is 5.97 Å². The summed E-state index contributed by atoms with van der Waals surface area (Å²) in [6, 6.07) is 26.2. The van der Waals surface area contributed by atoms with Crippen LogP contribution in [-0.4, -0.2) is 26.0 Å². The molecule has 0 aliphatic heterocycles. The number of aromatic nitrogens is 2. The van der Waals surface area contributed by atoms with Gasteiger partial charge in [-0.15, -0.1) is 10.2 Å². The van der Waals surface area contributed by atoms with E-state index in [1.54, 1.807) is 30.3 Å². The van der Waals surface area contributed by atoms with E-state index in [1.807, 2.05) is 62.4 Å². The number of carbonyl (C=O) groups is 1. The van der Waals surface area contributed by atoms with Gasteiger partial charge in [0.2, 0.25) is 0 Å². The molecule has 0 unspecified atom stereocenters. The van der Waals surface area contributed by atoms with E-state index in [0.29, 0.717) is 22.5 Å². The molecule has 0 bridgehead atoms. The van der Waals surface area contributed by atoms with Gasteiger partial charge < -0.3 is 10.2 Å². The van der Waals surface area contributed by atoms with Crippen LogP contribution in [0, 0.1) is 13.8 Å². The highest BCUT2D eigenvalue weighted by molar-refractivity contribution is 5.90. The van der Waals surface area contributed by atoms with Gasteiger partial charge in [0, 0.05) is 11.1 Å². The van der Waals surface area contributed by atoms with Crippen molar-refractivity contribution in [2.75, 3.05) is 0 Å². The molecule has 188 valence electrons. The number of benzene rings is 4. The van der Waals surface area contributed by atoms with Gasteiger partial charge in [-0.1, -0.05) is 60.7 Å². The van der Waals surface area contributed by atoms with Crippen LogP contribution in [0.2, 0.25) is 0 Å². The normalized spacial score (nSPS) is 11.2. The number of aromatic hydroxyl groups is 1. The van der Waals surface area contributed by atoms with Crippen LogP contribution in [0.1, 0.15) is 21.5 Å². The highest BCUT2D eigenvalue weighted by atomic mass is 16.4. The van der Waals surface area contributed by atoms with Gasteiger partial charge in [-0.05, 0) is 60.9 Å². The Morgan fingerprint density at radius 3 is 2.29 bits per heavy atom. The van der Waals surface area contributed by atoms with E-state index in [1.165, 1.54) is 16.8 Å². The average Bonchev–Trinajstić information content (AvgIpc) is 3.26. The van der Waals surface area contributed by atoms with Gasteiger partial charge in [0.15, 0.2) is 11.4 Å². The third-order valence-electron chi connectivity index (χ3n) is 6.37. The van der Waals surface area contributed by atoms with Gasteiger partial charge in [0.25, 0.3) is 5.56 Å². The minimum atomic E-state index is -1.07. The van der Waals surface area contributed by atoms with Crippen LogP contribution in [0.25, 0.3) is 28.1 Å². The number of carboxylic acid groups (broad SMARTS) is 1. The van der Waals surface area contributed by atoms with Crippen LogP contribution in [0.15, 0.2) is 106 Å². The lowest BCUT2D eigenvalue weighted by Gasteiger charge is -2.07. The number of azo groups is 1. The maximum Gasteiger partial charge on any atom is 0.335 e. The number of phenolic OH excluding ortho intramolecular Hbond substituents is 1. The van der Waals surface area contributed by atoms with Crippen molar-refractivity contribution in [3.63, 3.8) is 0 Å². The van der Waals surface area contributed by atoms with Crippen LogP contribution < -0.4 is 5.56 Å². The van der Waals surface area contributed by atoms with E-state index in [9.17, 15) is 19.8 Å². The highest BCUT2D eigenvalue weighted by Gasteiger charge is 2.18. The van der Waals surface area contributed by atoms with Gasteiger partial charge in [-0.25, -0.2) is 9.48 Å². The fraction of sp³-hybridized carbons (Fsp3) is 0.0667. The summed E-state index contributed by atoms with van der Waals surface area (Å²) in [6.45, 7) is 3.98. The van der Waals surface area contributed by atoms with Crippen LogP contribution in [0.4, 0.5) is 11.4 Å². The van der Waals surface area contributed by atoms with Gasteiger partial charge in [0.1, 0.15) is 5.69 Å². The molecular formula is C30H24N4O4. The Morgan fingerprint density at radius 1 is 0.816 bits per heavy atom. The summed E-state index contributed by atoms with van der Waals surface area (Å²) in [6.07, 6.45) is 0. The molecule has 0 saturated heterocycles. The lowest BCUT2D eigenvalue weighted by molar-refractivity contribution is 0.0697. The number of H-pyrrole nitrogens is 1. The summed E-state index contributed by atoms with van der Waals surface area (Å²) in [5.41, 5.74) is 4.92. The second-order valence-electron chi connectivity index (χ2n) is 8.87. The quantitative estimate of drug-likeness (QED) is 0.217. The topological polar surface area (TPSA) is 120 Å². The molecule has 4 aromatic carbocycles. The number of aryl methyl sites for hydroxylation is 2. The molecule has 3 N–H and O–H groups in total. The zero-order valence-electron chi connectivity index (χ0n) is 20.7. The number of aromatic carboxylic acids is 1. The van der Waals surface area contributed by atoms with Crippen LogP contribution in [0.5, 0.6) is 5.75 Å². The second-order valence-corrected chi connectivity index (χ2v) is 8.87. The zero-order chi connectivity index (χ0) is 26.8. The molecule has 5 rings (SSSR count). The molecule has 38 heavy (non-hydrogen) atoms. The van der Waals surface area contributed by atoms with Gasteiger partial charge in [-0.2, -0.15) is 0 Å². The van der Waals surface area contributed by atoms with E-state index in [2.05, 4.69) is 15.3 Å². The summed E-state index contributed by atoms with van der Waals surface area (Å²) in [5.74, 6) is -1.24. The van der Waals surface area contributed by atoms with Crippen molar-refractivity contribution in [1.82, 2.24) is 9.78 Å². The molecule has 0 amide bonds. The molecule has 0 spiro atoms. The van der Waals surface area contributed by atoms with Crippen molar-refractivity contribution in [3.05, 3.63) is 118 Å². The standard InChI is InChI=1S/C30H24N4O4/c1-18-14-15-23(16-19(18)2)34-29(36)27(26(33-34)20-8-4-3-5-9-20)32-31-25-13-7-12-24(28(25)35)21-10-6-11-22(17-21)30(37)38/h3-17,33,35H,1-2H3,(H,37,38). The Morgan fingerprint density at radius 2 is 1.55 bits per heavy atom. The Bertz CT molecular complexity index is 1750. The van der Waals surface area contributed by atoms with Crippen molar-refractivity contribution < 1.29 is 15.0 Å². The molecule has 8 nitrogen and oxygen atoms in total. The third-order valence-corrected chi connectivity index (χ3v) is 6.37. The number of hydrogen-bond acceptors (Lipinski definition) is 5. The van der Waals surface area contributed by atoms with E-state index in [-0.39, 0.29) is 28.2 Å². The molecule has 8 heteroatoms. The molecule has 0 radical (unpaired) electrons. The molecule has 0 atom stereocenters. The third kappa shape index (κ3) is 4.62. The Labute approximate surface area is 218 Å². The number of para-hydroxylation sites is 1. The molecule has 5 aromatic rings. The van der Waals surface area contributed by atoms with E-state index in [0.717, 1.165) is 16.7 Å². The van der Waals surface area contributed by atoms with Crippen molar-refractivity contribution in [3.8, 4) is 33.8 Å². The van der Waals surface area contributed by atoms with Crippen LogP contribution in [-0.2, 0) is 0 Å². The number of phenols is 1. The molecule has 1 heterocycles. The first-order chi connectivity index (χ1) is 18.3. The maximum atomic E-state index is 13.5. The van der Waals surface area contributed by atoms with Crippen LogP contribution >= 0.6 is 0 Å². The first-order valence-corrected chi connectivity index (χ1v) is 11.9. The lowest BCUT2D eigenvalue weighted by Crippen LogP contribution is -2.14. The highest BCUT2D eigenvalue weighted by Crippen LogP contribution is 2.38. The maximum absolute atomic E-state index is 13.5. The summed E-state index contributed by atoms with van der Waals surface area (Å²) < 4.78 is 1.43. The number of nitrogens with zero attached hydrogens (tertiary/aromatic N) is 3. The van der Waals surface area contributed by atoms with Gasteiger partial charge in [-0.3, -0.25) is 9.89 Å². The van der Waals surface area contributed by atoms with Crippen LogP contribution in [0.3, 0.4) is 0 Å². The zero-order valence-corrected chi connectivity index (χ0v) is 20.7. The average molecular weight is 505 g/mol. The van der Waals surface area contributed by atoms with Gasteiger partial charge in [0.05, 0.1) is 16.9 Å². The smallest absolute Gasteiger partial charge is 0.335 e. The van der Waals surface area contributed by atoms with Crippen molar-refractivity contribution in [2.24, 2.45) is 10.2 Å². The minimum absolute atomic E-state index is 0.0899. The van der Waals surface area contributed by atoms with E-state index >= 15 is 0 Å². The second kappa shape index (κ2) is 10.0. The number of rotatable bonds is 6. The summed E-state index contributed by atoms with van der Waals surface area (Å²) in [4.78, 5) is 24.9. The lowest BCUT2D eigenvalue weighted by atomic mass is 10.0. The predicted octanol–water partition coefficient (Wildman–Crippen LogP) is 6.94. The SMILES string of the molecule is Cc1ccc(-n2[nH]c(-c3ccccc3)c(N=Nc3cccc(-c4cccc(C(=O)O)c4)c3O)c2=O)cc1C. The summed E-state index contributed by atoms with van der Waals surface area (Å²) >= 11 is 0. The van der Waals surface area contributed by atoms with E-state index in [4.69, 9.17) is 0 Å². The Kier molecular flexibility index (Phi) is 6.45. The molecule has 0 fully saturated rings. The fourth-order valence-corrected chi connectivity index (χ4v) is 4.14. The van der Waals surface area contributed by atoms with Crippen molar-refractivity contribution in [2.45, 2.75) is 13.8 Å². The number of carboxylic acids is 1.